The summed E-state index contributed by atoms with van der Waals surface area (Å²) in [5.74, 6) is -0.471. The maximum atomic E-state index is 10.8. The van der Waals surface area contributed by atoms with Gasteiger partial charge in [-0.3, -0.25) is 4.57 Å². The van der Waals surface area contributed by atoms with Gasteiger partial charge in [0.25, 0.3) is 0 Å². The normalized spacial score (nSPS) is 13.9. The molecule has 0 aromatic heterocycles. The van der Waals surface area contributed by atoms with Crippen molar-refractivity contribution in [1.82, 2.24) is 0 Å². The van der Waals surface area contributed by atoms with Crippen molar-refractivity contribution >= 4 is 14.2 Å². The summed E-state index contributed by atoms with van der Waals surface area (Å²) in [6.07, 6.45) is 1.23. The maximum Gasteiger partial charge on any atom is 0.330 e. The van der Waals surface area contributed by atoms with Crippen molar-refractivity contribution in [2.75, 3.05) is 13.2 Å². The first-order valence-electron chi connectivity index (χ1n) is 3.76. The zero-order chi connectivity index (χ0) is 10.3. The van der Waals surface area contributed by atoms with Gasteiger partial charge in [-0.1, -0.05) is 0 Å². The molecule has 0 aliphatic rings. The summed E-state index contributed by atoms with van der Waals surface area (Å²) in [7, 11) is -2.92. The maximum absolute atomic E-state index is 10.8. The third-order valence-electron chi connectivity index (χ3n) is 1.07. The first-order chi connectivity index (χ1) is 6.06. The number of hydrogen-bond acceptors (Lipinski definition) is 4. The van der Waals surface area contributed by atoms with Gasteiger partial charge in [0.05, 0.1) is 13.2 Å². The topological polar surface area (TPSA) is 72.8 Å². The summed E-state index contributed by atoms with van der Waals surface area (Å²) in [5, 5.41) is 0. The number of hydrogen-bond donors (Lipinski definition) is 1. The smallest absolute Gasteiger partial charge is 0.330 e. The molecule has 1 unspecified atom stereocenters. The molecule has 0 heterocycles. The van der Waals surface area contributed by atoms with Gasteiger partial charge in [0.1, 0.15) is 0 Å². The number of esters is 1. The highest BCUT2D eigenvalue weighted by Crippen LogP contribution is 2.15. The molecule has 0 aromatic carbocycles. The van der Waals surface area contributed by atoms with Crippen LogP contribution in [-0.4, -0.2) is 24.1 Å². The molecule has 0 bridgehead atoms. The van der Waals surface area contributed by atoms with E-state index < -0.39 is 14.2 Å². The minimum absolute atomic E-state index is 0.0346. The van der Waals surface area contributed by atoms with E-state index in [4.69, 9.17) is 4.89 Å². The number of carbonyl (C=O) groups excluding carboxylic acids is 1. The summed E-state index contributed by atoms with van der Waals surface area (Å²) in [6.45, 7) is 3.58. The molecule has 0 rings (SSSR count). The summed E-state index contributed by atoms with van der Waals surface area (Å²) < 4.78 is 19.2. The molecule has 0 saturated heterocycles. The van der Waals surface area contributed by atoms with E-state index in [0.29, 0.717) is 12.2 Å². The highest BCUT2D eigenvalue weighted by molar-refractivity contribution is 7.32. The van der Waals surface area contributed by atoms with Gasteiger partial charge in [-0.2, -0.15) is 0 Å². The van der Waals surface area contributed by atoms with Gasteiger partial charge in [-0.05, 0) is 19.4 Å². The lowest BCUT2D eigenvalue weighted by Gasteiger charge is -2.00. The number of carbonyl (C=O) groups is 1. The predicted molar refractivity (Wildman–Crippen MR) is 47.6 cm³/mol. The molecule has 0 amide bonds. The predicted octanol–water partition coefficient (Wildman–Crippen LogP) is 0.894. The lowest BCUT2D eigenvalue weighted by molar-refractivity contribution is -0.137. The fourth-order valence-corrected chi connectivity index (χ4v) is 0.953. The molecule has 13 heavy (non-hydrogen) atoms. The van der Waals surface area contributed by atoms with E-state index in [0.717, 1.165) is 0 Å². The van der Waals surface area contributed by atoms with Crippen molar-refractivity contribution < 1.29 is 23.5 Å². The van der Waals surface area contributed by atoms with Crippen LogP contribution in [0, 0.1) is 0 Å². The summed E-state index contributed by atoms with van der Waals surface area (Å²) in [6, 6.07) is 0. The van der Waals surface area contributed by atoms with Crippen LogP contribution in [0.5, 0.6) is 0 Å². The third-order valence-corrected chi connectivity index (χ3v) is 1.47. The Balaban J connectivity index is 3.87. The van der Waals surface area contributed by atoms with Crippen LogP contribution >= 0.6 is 8.25 Å². The minimum Gasteiger partial charge on any atom is -0.463 e. The highest BCUT2D eigenvalue weighted by atomic mass is 31.1. The van der Waals surface area contributed by atoms with Crippen molar-refractivity contribution in [3.05, 3.63) is 11.6 Å². The highest BCUT2D eigenvalue weighted by Gasteiger charge is 1.99. The van der Waals surface area contributed by atoms with E-state index in [2.05, 4.69) is 9.26 Å². The van der Waals surface area contributed by atoms with E-state index in [9.17, 15) is 9.36 Å². The summed E-state index contributed by atoms with van der Waals surface area (Å²) >= 11 is 0. The molecule has 1 atom stereocenters. The minimum atomic E-state index is -2.92. The van der Waals surface area contributed by atoms with Gasteiger partial charge in [-0.25, -0.2) is 4.79 Å². The van der Waals surface area contributed by atoms with Crippen LogP contribution in [0.3, 0.4) is 0 Å². The standard InChI is InChI=1S/C7H13O5P/c1-3-11-7(8)4-6(2)5-12-13(9)10/h4,13H,3,5H2,1-2H3,(H,9,10). The molecule has 0 aliphatic carbocycles. The first-order valence-corrected chi connectivity index (χ1v) is 5.02. The van der Waals surface area contributed by atoms with Crippen molar-refractivity contribution in [3.8, 4) is 0 Å². The molecule has 0 fully saturated rings. The van der Waals surface area contributed by atoms with Gasteiger partial charge >= 0.3 is 14.2 Å². The van der Waals surface area contributed by atoms with Crippen LogP contribution in [0.15, 0.2) is 11.6 Å². The van der Waals surface area contributed by atoms with Crippen LogP contribution in [-0.2, 0) is 18.6 Å². The lowest BCUT2D eigenvalue weighted by Crippen LogP contribution is -2.01. The van der Waals surface area contributed by atoms with E-state index in [1.54, 1.807) is 13.8 Å². The quantitative estimate of drug-likeness (QED) is 0.412. The average Bonchev–Trinajstić information content (AvgIpc) is 2.01. The Morgan fingerprint density at radius 2 is 2.23 bits per heavy atom. The Hall–Kier alpha value is -0.640. The summed E-state index contributed by atoms with van der Waals surface area (Å²) in [5.41, 5.74) is 0.547. The molecular formula is C7H13O5P. The van der Waals surface area contributed by atoms with Crippen LogP contribution in [0.25, 0.3) is 0 Å². The van der Waals surface area contributed by atoms with Gasteiger partial charge in [0.2, 0.25) is 0 Å². The van der Waals surface area contributed by atoms with Gasteiger partial charge < -0.3 is 14.2 Å². The Kier molecular flexibility index (Phi) is 6.49. The SMILES string of the molecule is CCOC(=O)C=C(C)CO[PH](=O)O. The molecule has 0 radical (unpaired) electrons. The van der Waals surface area contributed by atoms with E-state index in [-0.39, 0.29) is 6.61 Å². The lowest BCUT2D eigenvalue weighted by atomic mass is 10.3. The third kappa shape index (κ3) is 7.71. The van der Waals surface area contributed by atoms with Crippen LogP contribution in [0.4, 0.5) is 0 Å². The molecule has 76 valence electrons. The largest absolute Gasteiger partial charge is 0.463 e. The molecule has 0 aliphatic heterocycles. The number of rotatable bonds is 5. The average molecular weight is 208 g/mol. The van der Waals surface area contributed by atoms with E-state index in [1.165, 1.54) is 6.08 Å². The zero-order valence-electron chi connectivity index (χ0n) is 7.57. The number of ether oxygens (including phenoxy) is 1. The first kappa shape index (κ1) is 12.4. The van der Waals surface area contributed by atoms with Gasteiger partial charge in [-0.15, -0.1) is 0 Å². The van der Waals surface area contributed by atoms with Crippen molar-refractivity contribution in [1.29, 1.82) is 0 Å². The Bertz CT molecular complexity index is 223. The van der Waals surface area contributed by atoms with Gasteiger partial charge in [0.15, 0.2) is 0 Å². The van der Waals surface area contributed by atoms with Crippen LogP contribution < -0.4 is 0 Å². The summed E-state index contributed by atoms with van der Waals surface area (Å²) in [4.78, 5) is 19.1. The van der Waals surface area contributed by atoms with E-state index >= 15 is 0 Å². The molecular weight excluding hydrogens is 195 g/mol. The van der Waals surface area contributed by atoms with E-state index in [1.807, 2.05) is 0 Å². The van der Waals surface area contributed by atoms with Crippen molar-refractivity contribution in [2.45, 2.75) is 13.8 Å². The molecule has 0 aromatic rings. The Morgan fingerprint density at radius 1 is 1.62 bits per heavy atom. The Morgan fingerprint density at radius 3 is 2.69 bits per heavy atom. The molecule has 0 spiro atoms. The van der Waals surface area contributed by atoms with Crippen LogP contribution in [0.1, 0.15) is 13.8 Å². The monoisotopic (exact) mass is 208 g/mol. The molecule has 0 saturated carbocycles. The van der Waals surface area contributed by atoms with Crippen molar-refractivity contribution in [3.63, 3.8) is 0 Å². The second-order valence-electron chi connectivity index (χ2n) is 2.30. The zero-order valence-corrected chi connectivity index (χ0v) is 8.57. The van der Waals surface area contributed by atoms with Crippen LogP contribution in [0.2, 0.25) is 0 Å². The fraction of sp³-hybridized carbons (Fsp3) is 0.571. The molecule has 6 heteroatoms. The molecule has 1 N–H and O–H groups in total. The molecule has 5 nitrogen and oxygen atoms in total. The van der Waals surface area contributed by atoms with Crippen molar-refractivity contribution in [2.24, 2.45) is 0 Å². The second-order valence-corrected chi connectivity index (χ2v) is 3.12. The Labute approximate surface area is 77.3 Å². The second kappa shape index (κ2) is 6.83. The van der Waals surface area contributed by atoms with Gasteiger partial charge in [0, 0.05) is 6.08 Å². The fourth-order valence-electron chi connectivity index (χ4n) is 0.602.